The number of halogens is 2. The second kappa shape index (κ2) is 9.53. The zero-order valence-corrected chi connectivity index (χ0v) is 18.1. The number of hydrogen-bond donors (Lipinski definition) is 0. The van der Waals surface area contributed by atoms with Gasteiger partial charge in [0, 0.05) is 27.6 Å². The molecule has 4 rings (SSSR count). The number of rotatable bonds is 7. The minimum Gasteiger partial charge on any atom is -0.239 e. The van der Waals surface area contributed by atoms with E-state index in [0.29, 0.717) is 5.88 Å². The number of alkyl halides is 1. The lowest BCUT2D eigenvalue weighted by Crippen LogP contribution is -1.94. The Hall–Kier alpha value is -2.20. The van der Waals surface area contributed by atoms with E-state index in [1.54, 1.807) is 11.8 Å². The van der Waals surface area contributed by atoms with Crippen LogP contribution in [0.15, 0.2) is 94.9 Å². The molecule has 0 bridgehead atoms. The molecule has 1 heterocycles. The first-order valence-corrected chi connectivity index (χ1v) is 11.2. The van der Waals surface area contributed by atoms with Gasteiger partial charge < -0.3 is 0 Å². The third kappa shape index (κ3) is 5.05. The van der Waals surface area contributed by atoms with Crippen molar-refractivity contribution in [1.29, 1.82) is 0 Å². The van der Waals surface area contributed by atoms with Crippen LogP contribution in [0, 0.1) is 0 Å². The molecule has 0 amide bonds. The van der Waals surface area contributed by atoms with Gasteiger partial charge in [0.25, 0.3) is 0 Å². The molecule has 4 aromatic rings. The third-order valence-electron chi connectivity index (χ3n) is 4.57. The molecule has 0 aliphatic carbocycles. The van der Waals surface area contributed by atoms with Gasteiger partial charge in [-0.3, -0.25) is 0 Å². The summed E-state index contributed by atoms with van der Waals surface area (Å²) in [5, 5.41) is 5.64. The summed E-state index contributed by atoms with van der Waals surface area (Å²) in [6.07, 6.45) is 4.07. The van der Waals surface area contributed by atoms with Crippen LogP contribution in [0.25, 0.3) is 16.9 Å². The number of nitrogens with zero attached hydrogens (tertiary/aromatic N) is 2. The smallest absolute Gasteiger partial charge is 0.107 e. The summed E-state index contributed by atoms with van der Waals surface area (Å²) in [6, 6.07) is 26.7. The van der Waals surface area contributed by atoms with Crippen molar-refractivity contribution in [2.24, 2.45) is 0 Å². The fraction of sp³-hybridized carbons (Fsp3) is 0.125. The Kier molecular flexibility index (Phi) is 6.60. The maximum absolute atomic E-state index is 6.04. The van der Waals surface area contributed by atoms with Crippen LogP contribution in [-0.2, 0) is 6.42 Å². The van der Waals surface area contributed by atoms with Crippen molar-refractivity contribution in [2.45, 2.75) is 22.6 Å². The molecule has 2 nitrogen and oxygen atoms in total. The lowest BCUT2D eigenvalue weighted by atomic mass is 10.1. The standard InChI is InChI=1S/C24H20Cl2N2S/c25-16-4-5-18-8-10-19(11-9-18)24-23(29-22-14-12-20(26)13-15-22)17-28(27-24)21-6-2-1-3-7-21/h1-3,6-15,17H,4-5,16H2. The fourth-order valence-corrected chi connectivity index (χ4v) is 4.27. The van der Waals surface area contributed by atoms with Crippen molar-refractivity contribution in [3.8, 4) is 16.9 Å². The predicted molar refractivity (Wildman–Crippen MR) is 124 cm³/mol. The number of aryl methyl sites for hydroxylation is 1. The van der Waals surface area contributed by atoms with Gasteiger partial charge in [-0.2, -0.15) is 5.10 Å². The Morgan fingerprint density at radius 2 is 1.59 bits per heavy atom. The second-order valence-corrected chi connectivity index (χ2v) is 8.60. The fourth-order valence-electron chi connectivity index (χ4n) is 3.08. The summed E-state index contributed by atoms with van der Waals surface area (Å²) < 4.78 is 1.94. The number of aromatic nitrogens is 2. The van der Waals surface area contributed by atoms with Crippen LogP contribution in [-0.4, -0.2) is 15.7 Å². The van der Waals surface area contributed by atoms with Crippen LogP contribution >= 0.6 is 35.0 Å². The first-order valence-electron chi connectivity index (χ1n) is 9.47. The van der Waals surface area contributed by atoms with E-state index >= 15 is 0 Å². The van der Waals surface area contributed by atoms with E-state index in [1.807, 2.05) is 47.1 Å². The minimum absolute atomic E-state index is 0.686. The van der Waals surface area contributed by atoms with E-state index in [9.17, 15) is 0 Å². The highest BCUT2D eigenvalue weighted by molar-refractivity contribution is 7.99. The van der Waals surface area contributed by atoms with E-state index < -0.39 is 0 Å². The Morgan fingerprint density at radius 1 is 0.862 bits per heavy atom. The monoisotopic (exact) mass is 438 g/mol. The number of hydrogen-bond acceptors (Lipinski definition) is 2. The maximum Gasteiger partial charge on any atom is 0.107 e. The van der Waals surface area contributed by atoms with Crippen molar-refractivity contribution >= 4 is 35.0 Å². The van der Waals surface area contributed by atoms with Gasteiger partial charge in [0.05, 0.1) is 10.6 Å². The highest BCUT2D eigenvalue weighted by Gasteiger charge is 2.14. The van der Waals surface area contributed by atoms with Crippen LogP contribution in [0.2, 0.25) is 5.02 Å². The molecule has 0 unspecified atom stereocenters. The molecule has 0 N–H and O–H groups in total. The van der Waals surface area contributed by atoms with Gasteiger partial charge in [0.1, 0.15) is 5.69 Å². The highest BCUT2D eigenvalue weighted by Crippen LogP contribution is 2.36. The molecular weight excluding hydrogens is 419 g/mol. The van der Waals surface area contributed by atoms with Gasteiger partial charge in [-0.05, 0) is 54.8 Å². The van der Waals surface area contributed by atoms with Crippen LogP contribution in [0.5, 0.6) is 0 Å². The third-order valence-corrected chi connectivity index (χ3v) is 6.12. The topological polar surface area (TPSA) is 17.8 Å². The summed E-state index contributed by atoms with van der Waals surface area (Å²) in [5.74, 6) is 0.686. The molecular formula is C24H20Cl2N2S. The van der Waals surface area contributed by atoms with Crippen LogP contribution < -0.4 is 0 Å². The van der Waals surface area contributed by atoms with E-state index in [-0.39, 0.29) is 0 Å². The van der Waals surface area contributed by atoms with Gasteiger partial charge >= 0.3 is 0 Å². The zero-order chi connectivity index (χ0) is 20.1. The van der Waals surface area contributed by atoms with Crippen molar-refractivity contribution in [3.05, 3.63) is 95.6 Å². The SMILES string of the molecule is ClCCCc1ccc(-c2nn(-c3ccccc3)cc2Sc2ccc(Cl)cc2)cc1. The largest absolute Gasteiger partial charge is 0.239 e. The molecule has 1 aromatic heterocycles. The molecule has 0 fully saturated rings. The van der Waals surface area contributed by atoms with Gasteiger partial charge in [0.2, 0.25) is 0 Å². The van der Waals surface area contributed by atoms with Crippen molar-refractivity contribution < 1.29 is 0 Å². The molecule has 0 saturated heterocycles. The van der Waals surface area contributed by atoms with Crippen molar-refractivity contribution in [2.75, 3.05) is 5.88 Å². The van der Waals surface area contributed by atoms with Gasteiger partial charge in [-0.15, -0.1) is 11.6 Å². The lowest BCUT2D eigenvalue weighted by Gasteiger charge is -2.05. The molecule has 0 aliphatic rings. The molecule has 0 radical (unpaired) electrons. The summed E-state index contributed by atoms with van der Waals surface area (Å²) in [5.41, 5.74) is 4.41. The first kappa shape index (κ1) is 20.1. The van der Waals surface area contributed by atoms with Crippen LogP contribution in [0.1, 0.15) is 12.0 Å². The molecule has 0 spiro atoms. The summed E-state index contributed by atoms with van der Waals surface area (Å²) in [4.78, 5) is 2.23. The lowest BCUT2D eigenvalue weighted by molar-refractivity contribution is 0.883. The average molecular weight is 439 g/mol. The Labute approximate surface area is 185 Å². The Balaban J connectivity index is 1.70. The van der Waals surface area contributed by atoms with Crippen molar-refractivity contribution in [3.63, 3.8) is 0 Å². The normalized spacial score (nSPS) is 11.0. The summed E-state index contributed by atoms with van der Waals surface area (Å²) >= 11 is 13.6. The van der Waals surface area contributed by atoms with E-state index in [2.05, 4.69) is 42.6 Å². The van der Waals surface area contributed by atoms with E-state index in [0.717, 1.165) is 44.6 Å². The Bertz CT molecular complexity index is 1060. The number of benzene rings is 3. The number of para-hydroxylation sites is 1. The quantitative estimate of drug-likeness (QED) is 0.277. The molecule has 5 heteroatoms. The zero-order valence-electron chi connectivity index (χ0n) is 15.8. The molecule has 0 saturated carbocycles. The van der Waals surface area contributed by atoms with Crippen LogP contribution in [0.3, 0.4) is 0 Å². The maximum atomic E-state index is 6.04. The summed E-state index contributed by atoms with van der Waals surface area (Å²) in [7, 11) is 0. The van der Waals surface area contributed by atoms with E-state index in [4.69, 9.17) is 28.3 Å². The molecule has 146 valence electrons. The van der Waals surface area contributed by atoms with Crippen molar-refractivity contribution in [1.82, 2.24) is 9.78 Å². The van der Waals surface area contributed by atoms with Gasteiger partial charge in [-0.1, -0.05) is 65.8 Å². The van der Waals surface area contributed by atoms with Gasteiger partial charge in [0.15, 0.2) is 0 Å². The second-order valence-electron chi connectivity index (χ2n) is 6.67. The molecule has 29 heavy (non-hydrogen) atoms. The van der Waals surface area contributed by atoms with Crippen LogP contribution in [0.4, 0.5) is 0 Å². The first-order chi connectivity index (χ1) is 14.2. The van der Waals surface area contributed by atoms with Gasteiger partial charge in [-0.25, -0.2) is 4.68 Å². The Morgan fingerprint density at radius 3 is 2.28 bits per heavy atom. The molecule has 0 atom stereocenters. The molecule has 3 aromatic carbocycles. The van der Waals surface area contributed by atoms with E-state index in [1.165, 1.54) is 5.56 Å². The molecule has 0 aliphatic heterocycles. The highest BCUT2D eigenvalue weighted by atomic mass is 35.5. The predicted octanol–water partition coefficient (Wildman–Crippen LogP) is 7.52. The minimum atomic E-state index is 0.686. The summed E-state index contributed by atoms with van der Waals surface area (Å²) in [6.45, 7) is 0. The average Bonchev–Trinajstić information content (AvgIpc) is 3.19.